The first-order valence-corrected chi connectivity index (χ1v) is 6.58. The Kier molecular flexibility index (Phi) is 3.36. The van der Waals surface area contributed by atoms with E-state index < -0.39 is 0 Å². The van der Waals surface area contributed by atoms with Crippen molar-refractivity contribution >= 4 is 0 Å². The summed E-state index contributed by atoms with van der Waals surface area (Å²) in [6.07, 6.45) is 5.53. The van der Waals surface area contributed by atoms with E-state index in [0.717, 1.165) is 18.4 Å². The van der Waals surface area contributed by atoms with E-state index in [4.69, 9.17) is 5.73 Å². The van der Waals surface area contributed by atoms with Crippen molar-refractivity contribution in [3.63, 3.8) is 0 Å². The van der Waals surface area contributed by atoms with E-state index >= 15 is 0 Å². The molecule has 0 bridgehead atoms. The number of nitrogens with zero attached hydrogens (tertiary/aromatic N) is 1. The monoisotopic (exact) mass is 210 g/mol. The maximum absolute atomic E-state index is 5.99. The van der Waals surface area contributed by atoms with Gasteiger partial charge in [0.1, 0.15) is 0 Å². The second kappa shape index (κ2) is 4.42. The van der Waals surface area contributed by atoms with Crippen molar-refractivity contribution in [2.45, 2.75) is 39.5 Å². The van der Waals surface area contributed by atoms with Crippen molar-refractivity contribution in [1.82, 2.24) is 4.90 Å². The largest absolute Gasteiger partial charge is 0.330 e. The molecule has 2 N–H and O–H groups in total. The van der Waals surface area contributed by atoms with Crippen LogP contribution in [0.1, 0.15) is 39.5 Å². The number of rotatable bonds is 3. The van der Waals surface area contributed by atoms with Gasteiger partial charge in [-0.25, -0.2) is 0 Å². The molecule has 2 aliphatic rings. The second-order valence-electron chi connectivity index (χ2n) is 6.06. The highest BCUT2D eigenvalue weighted by atomic mass is 15.2. The molecule has 1 saturated carbocycles. The van der Waals surface area contributed by atoms with Gasteiger partial charge in [-0.1, -0.05) is 26.7 Å². The molecule has 2 nitrogen and oxygen atoms in total. The Labute approximate surface area is 94.2 Å². The summed E-state index contributed by atoms with van der Waals surface area (Å²) in [6.45, 7) is 9.51. The van der Waals surface area contributed by atoms with Crippen LogP contribution < -0.4 is 5.73 Å². The first-order valence-electron chi connectivity index (χ1n) is 6.58. The molecule has 2 rings (SSSR count). The van der Waals surface area contributed by atoms with Gasteiger partial charge in [0.15, 0.2) is 0 Å². The van der Waals surface area contributed by atoms with Gasteiger partial charge >= 0.3 is 0 Å². The number of hydrogen-bond donors (Lipinski definition) is 1. The maximum Gasteiger partial charge on any atom is 0.00503 e. The molecule has 0 aromatic heterocycles. The summed E-state index contributed by atoms with van der Waals surface area (Å²) in [4.78, 5) is 2.66. The molecule has 2 atom stereocenters. The van der Waals surface area contributed by atoms with Crippen LogP contribution in [0, 0.1) is 17.3 Å². The zero-order valence-corrected chi connectivity index (χ0v) is 10.3. The smallest absolute Gasteiger partial charge is 0.00503 e. The third-order valence-electron chi connectivity index (χ3n) is 4.72. The van der Waals surface area contributed by atoms with Crippen molar-refractivity contribution in [2.24, 2.45) is 23.0 Å². The third-order valence-corrected chi connectivity index (χ3v) is 4.72. The molecule has 88 valence electrons. The second-order valence-corrected chi connectivity index (χ2v) is 6.06. The van der Waals surface area contributed by atoms with E-state index in [2.05, 4.69) is 18.7 Å². The van der Waals surface area contributed by atoms with E-state index in [-0.39, 0.29) is 0 Å². The van der Waals surface area contributed by atoms with Crippen LogP contribution in [-0.2, 0) is 0 Å². The Morgan fingerprint density at radius 2 is 1.67 bits per heavy atom. The minimum absolute atomic E-state index is 0.476. The standard InChI is InChI=1S/C13H26N2/c1-11-7-15(8-12(11)2)10-13(9-14)5-3-4-6-13/h11-12H,3-10,14H2,1-2H3. The molecule has 1 saturated heterocycles. The summed E-state index contributed by atoms with van der Waals surface area (Å²) in [7, 11) is 0. The molecule has 1 heterocycles. The Balaban J connectivity index is 1.90. The van der Waals surface area contributed by atoms with Gasteiger partial charge in [-0.3, -0.25) is 0 Å². The van der Waals surface area contributed by atoms with Crippen molar-refractivity contribution in [3.8, 4) is 0 Å². The summed E-state index contributed by atoms with van der Waals surface area (Å²) >= 11 is 0. The highest BCUT2D eigenvalue weighted by Gasteiger charge is 2.37. The zero-order valence-electron chi connectivity index (χ0n) is 10.3. The molecular formula is C13H26N2. The summed E-state index contributed by atoms with van der Waals surface area (Å²) < 4.78 is 0. The normalized spacial score (nSPS) is 36.2. The van der Waals surface area contributed by atoms with Crippen molar-refractivity contribution in [3.05, 3.63) is 0 Å². The minimum Gasteiger partial charge on any atom is -0.330 e. The predicted octanol–water partition coefficient (Wildman–Crippen LogP) is 2.09. The fourth-order valence-electron chi connectivity index (χ4n) is 3.40. The molecule has 0 aromatic carbocycles. The third kappa shape index (κ3) is 2.36. The topological polar surface area (TPSA) is 29.3 Å². The molecule has 0 spiro atoms. The van der Waals surface area contributed by atoms with Crippen LogP contribution in [0.3, 0.4) is 0 Å². The van der Waals surface area contributed by atoms with Crippen LogP contribution in [0.2, 0.25) is 0 Å². The molecule has 0 amide bonds. The quantitative estimate of drug-likeness (QED) is 0.773. The zero-order chi connectivity index (χ0) is 10.9. The lowest BCUT2D eigenvalue weighted by molar-refractivity contribution is 0.178. The predicted molar refractivity (Wildman–Crippen MR) is 64.7 cm³/mol. The van der Waals surface area contributed by atoms with Gasteiger partial charge in [-0.2, -0.15) is 0 Å². The fourth-order valence-corrected chi connectivity index (χ4v) is 3.40. The first kappa shape index (κ1) is 11.4. The fraction of sp³-hybridized carbons (Fsp3) is 1.00. The van der Waals surface area contributed by atoms with Crippen molar-refractivity contribution in [1.29, 1.82) is 0 Å². The highest BCUT2D eigenvalue weighted by Crippen LogP contribution is 2.39. The van der Waals surface area contributed by atoms with Crippen molar-refractivity contribution < 1.29 is 0 Å². The first-order chi connectivity index (χ1) is 7.15. The van der Waals surface area contributed by atoms with Gasteiger partial charge in [0, 0.05) is 19.6 Å². The Bertz CT molecular complexity index is 199. The van der Waals surface area contributed by atoms with Crippen LogP contribution in [0.25, 0.3) is 0 Å². The highest BCUT2D eigenvalue weighted by molar-refractivity contribution is 4.91. The number of nitrogens with two attached hydrogens (primary N) is 1. The van der Waals surface area contributed by atoms with E-state index in [1.165, 1.54) is 45.3 Å². The van der Waals surface area contributed by atoms with Crippen LogP contribution in [-0.4, -0.2) is 31.1 Å². The van der Waals surface area contributed by atoms with E-state index in [1.54, 1.807) is 0 Å². The van der Waals surface area contributed by atoms with E-state index in [0.29, 0.717) is 5.41 Å². The van der Waals surface area contributed by atoms with E-state index in [9.17, 15) is 0 Å². The molecule has 15 heavy (non-hydrogen) atoms. The lowest BCUT2D eigenvalue weighted by atomic mass is 9.86. The van der Waals surface area contributed by atoms with Crippen LogP contribution in [0.4, 0.5) is 0 Å². The Morgan fingerprint density at radius 3 is 2.13 bits per heavy atom. The number of hydrogen-bond acceptors (Lipinski definition) is 2. The molecule has 1 aliphatic carbocycles. The summed E-state index contributed by atoms with van der Waals surface area (Å²) in [6, 6.07) is 0. The molecule has 0 radical (unpaired) electrons. The van der Waals surface area contributed by atoms with Crippen molar-refractivity contribution in [2.75, 3.05) is 26.2 Å². The van der Waals surface area contributed by atoms with Gasteiger partial charge in [0.25, 0.3) is 0 Å². The molecule has 0 aromatic rings. The van der Waals surface area contributed by atoms with Gasteiger partial charge in [0.05, 0.1) is 0 Å². The van der Waals surface area contributed by atoms with Gasteiger partial charge in [-0.05, 0) is 36.6 Å². The molecule has 2 fully saturated rings. The molecule has 2 unspecified atom stereocenters. The Morgan fingerprint density at radius 1 is 1.13 bits per heavy atom. The maximum atomic E-state index is 5.99. The molecule has 2 heteroatoms. The van der Waals surface area contributed by atoms with E-state index in [1.807, 2.05) is 0 Å². The van der Waals surface area contributed by atoms with Gasteiger partial charge in [-0.15, -0.1) is 0 Å². The Hall–Kier alpha value is -0.0800. The molecular weight excluding hydrogens is 184 g/mol. The number of likely N-dealkylation sites (tertiary alicyclic amines) is 1. The molecule has 1 aliphatic heterocycles. The average Bonchev–Trinajstić information content (AvgIpc) is 2.77. The van der Waals surface area contributed by atoms with Gasteiger partial charge < -0.3 is 10.6 Å². The average molecular weight is 210 g/mol. The van der Waals surface area contributed by atoms with Crippen LogP contribution in [0.5, 0.6) is 0 Å². The summed E-state index contributed by atoms with van der Waals surface area (Å²) in [5.74, 6) is 1.75. The van der Waals surface area contributed by atoms with Crippen LogP contribution in [0.15, 0.2) is 0 Å². The summed E-state index contributed by atoms with van der Waals surface area (Å²) in [5, 5.41) is 0. The summed E-state index contributed by atoms with van der Waals surface area (Å²) in [5.41, 5.74) is 6.47. The lowest BCUT2D eigenvalue weighted by Gasteiger charge is -2.32. The minimum atomic E-state index is 0.476. The van der Waals surface area contributed by atoms with Gasteiger partial charge in [0.2, 0.25) is 0 Å². The van der Waals surface area contributed by atoms with Crippen LogP contribution >= 0.6 is 0 Å². The lowest BCUT2D eigenvalue weighted by Crippen LogP contribution is -2.40. The SMILES string of the molecule is CC1CN(CC2(CN)CCCC2)CC1C.